The number of imidazole rings is 1. The quantitative estimate of drug-likeness (QED) is 0.231. The highest BCUT2D eigenvalue weighted by Crippen LogP contribution is 2.23. The zero-order valence-corrected chi connectivity index (χ0v) is 22.5. The number of rotatable bonds is 12. The summed E-state index contributed by atoms with van der Waals surface area (Å²) in [4.78, 5) is 29.3. The summed E-state index contributed by atoms with van der Waals surface area (Å²) in [7, 11) is 0. The molecule has 0 spiro atoms. The van der Waals surface area contributed by atoms with Crippen molar-refractivity contribution in [3.63, 3.8) is 0 Å². The molecule has 1 amide bonds. The van der Waals surface area contributed by atoms with Gasteiger partial charge in [0.1, 0.15) is 11.9 Å². The largest absolute Gasteiger partial charge is 0.481 e. The first-order valence-electron chi connectivity index (χ1n) is 12.9. The van der Waals surface area contributed by atoms with Crippen molar-refractivity contribution in [2.24, 2.45) is 0 Å². The first-order chi connectivity index (χ1) is 18.4. The summed E-state index contributed by atoms with van der Waals surface area (Å²) in [5.41, 5.74) is 4.27. The average molecular weight is 533 g/mol. The van der Waals surface area contributed by atoms with Gasteiger partial charge >= 0.3 is 5.97 Å². The molecule has 0 unspecified atom stereocenters. The van der Waals surface area contributed by atoms with E-state index in [1.54, 1.807) is 0 Å². The third kappa shape index (κ3) is 6.72. The molecule has 1 atom stereocenters. The summed E-state index contributed by atoms with van der Waals surface area (Å²) < 4.78 is 3.91. The number of aromatic nitrogens is 3. The van der Waals surface area contributed by atoms with Crippen LogP contribution in [0.5, 0.6) is 0 Å². The number of nitrogens with one attached hydrogen (secondary N) is 1. The van der Waals surface area contributed by atoms with Crippen LogP contribution < -0.4 is 5.32 Å². The number of halogens is 1. The maximum Gasteiger partial charge on any atom is 0.309 e. The first kappa shape index (κ1) is 27.2. The third-order valence-corrected chi connectivity index (χ3v) is 6.94. The number of aryl methyl sites for hydroxylation is 2. The molecule has 4 rings (SSSR count). The summed E-state index contributed by atoms with van der Waals surface area (Å²) in [6.45, 7) is 4.55. The second kappa shape index (κ2) is 12.6. The number of carbonyl (C=O) groups is 2. The minimum atomic E-state index is -0.948. The van der Waals surface area contributed by atoms with E-state index in [0.717, 1.165) is 41.9 Å². The smallest absolute Gasteiger partial charge is 0.309 e. The molecule has 0 aliphatic rings. The van der Waals surface area contributed by atoms with Gasteiger partial charge in [-0.25, -0.2) is 4.98 Å². The molecule has 0 aliphatic heterocycles. The SMILES string of the molecule is CCCCc1nc(Cl)c(CC(=O)O)n1Cc1ccc(NC(=O)[C@H](Cc2ccccc2)n2cccc2C)cc1. The Labute approximate surface area is 228 Å². The van der Waals surface area contributed by atoms with Gasteiger partial charge in [-0.2, -0.15) is 0 Å². The second-order valence-electron chi connectivity index (χ2n) is 9.47. The number of nitrogens with zero attached hydrogens (tertiary/aromatic N) is 3. The predicted molar refractivity (Wildman–Crippen MR) is 150 cm³/mol. The highest BCUT2D eigenvalue weighted by molar-refractivity contribution is 6.30. The van der Waals surface area contributed by atoms with E-state index in [1.807, 2.05) is 89.0 Å². The van der Waals surface area contributed by atoms with Crippen LogP contribution in [-0.4, -0.2) is 31.1 Å². The van der Waals surface area contributed by atoms with Gasteiger partial charge in [-0.3, -0.25) is 9.59 Å². The van der Waals surface area contributed by atoms with Gasteiger partial charge < -0.3 is 19.6 Å². The molecule has 7 nitrogen and oxygen atoms in total. The van der Waals surface area contributed by atoms with Gasteiger partial charge in [0, 0.05) is 37.0 Å². The van der Waals surface area contributed by atoms with E-state index in [9.17, 15) is 14.7 Å². The van der Waals surface area contributed by atoms with Crippen LogP contribution in [0.25, 0.3) is 0 Å². The van der Waals surface area contributed by atoms with Gasteiger partial charge in [-0.15, -0.1) is 0 Å². The van der Waals surface area contributed by atoms with Gasteiger partial charge in [-0.05, 0) is 48.7 Å². The number of carbonyl (C=O) groups excluding carboxylic acids is 1. The Hall–Kier alpha value is -3.84. The van der Waals surface area contributed by atoms with Crippen molar-refractivity contribution in [1.82, 2.24) is 14.1 Å². The van der Waals surface area contributed by atoms with E-state index in [0.29, 0.717) is 24.3 Å². The first-order valence-corrected chi connectivity index (χ1v) is 13.3. The van der Waals surface area contributed by atoms with Crippen molar-refractivity contribution in [3.8, 4) is 0 Å². The van der Waals surface area contributed by atoms with Crippen LogP contribution in [0.1, 0.15) is 54.1 Å². The number of unbranched alkanes of at least 4 members (excludes halogenated alkanes) is 1. The Balaban J connectivity index is 1.51. The molecule has 2 N–H and O–H groups in total. The molecule has 0 aliphatic carbocycles. The summed E-state index contributed by atoms with van der Waals surface area (Å²) in [5.74, 6) is -0.250. The van der Waals surface area contributed by atoms with Crippen LogP contribution in [0.3, 0.4) is 0 Å². The predicted octanol–water partition coefficient (Wildman–Crippen LogP) is 6.09. The summed E-state index contributed by atoms with van der Waals surface area (Å²) in [6.07, 6.45) is 5.00. The molecule has 8 heteroatoms. The number of benzene rings is 2. The monoisotopic (exact) mass is 532 g/mol. The number of amides is 1. The summed E-state index contributed by atoms with van der Waals surface area (Å²) >= 11 is 6.32. The molecule has 0 saturated carbocycles. The van der Waals surface area contributed by atoms with Crippen molar-refractivity contribution in [2.45, 2.75) is 58.5 Å². The molecule has 0 radical (unpaired) electrons. The lowest BCUT2D eigenvalue weighted by Gasteiger charge is -2.21. The maximum absolute atomic E-state index is 13.4. The fourth-order valence-corrected chi connectivity index (χ4v) is 4.88. The molecule has 198 valence electrons. The zero-order chi connectivity index (χ0) is 27.1. The van der Waals surface area contributed by atoms with Gasteiger partial charge in [0.25, 0.3) is 0 Å². The van der Waals surface area contributed by atoms with Crippen LogP contribution in [0, 0.1) is 6.92 Å². The average Bonchev–Trinajstić information content (AvgIpc) is 3.45. The molecule has 2 heterocycles. The standard InChI is InChI=1S/C30H33ClN4O3/c1-3-4-12-27-33-29(31)25(19-28(36)37)35(27)20-23-13-15-24(16-14-23)32-30(38)26(34-17-8-9-21(34)2)18-22-10-6-5-7-11-22/h5-11,13-17,26H,3-4,12,18-20H2,1-2H3,(H,32,38)(H,36,37)/t26-/m0/s1. The van der Waals surface area contributed by atoms with E-state index in [1.165, 1.54) is 0 Å². The lowest BCUT2D eigenvalue weighted by molar-refractivity contribution is -0.136. The second-order valence-corrected chi connectivity index (χ2v) is 9.83. The zero-order valence-electron chi connectivity index (χ0n) is 21.7. The maximum atomic E-state index is 13.4. The topological polar surface area (TPSA) is 89.2 Å². The van der Waals surface area contributed by atoms with Gasteiger partial charge in [0.2, 0.25) is 5.91 Å². The Morgan fingerprint density at radius 2 is 1.76 bits per heavy atom. The molecule has 2 aromatic carbocycles. The fraction of sp³-hybridized carbons (Fsp3) is 0.300. The van der Waals surface area contributed by atoms with Crippen LogP contribution in [-0.2, 0) is 35.4 Å². The fourth-order valence-electron chi connectivity index (χ4n) is 4.61. The number of anilines is 1. The van der Waals surface area contributed by atoms with Crippen molar-refractivity contribution in [1.29, 1.82) is 0 Å². The molecule has 0 saturated heterocycles. The third-order valence-electron chi connectivity index (χ3n) is 6.64. The summed E-state index contributed by atoms with van der Waals surface area (Å²) in [6, 6.07) is 21.2. The molecule has 4 aromatic rings. The van der Waals surface area contributed by atoms with E-state index in [2.05, 4.69) is 17.2 Å². The number of carboxylic acid groups (broad SMARTS) is 1. The molecule has 2 aromatic heterocycles. The van der Waals surface area contributed by atoms with Gasteiger partial charge in [-0.1, -0.05) is 67.4 Å². The molecular formula is C30H33ClN4O3. The van der Waals surface area contributed by atoms with E-state index < -0.39 is 5.97 Å². The highest BCUT2D eigenvalue weighted by Gasteiger charge is 2.22. The number of hydrogen-bond donors (Lipinski definition) is 2. The highest BCUT2D eigenvalue weighted by atomic mass is 35.5. The Kier molecular flexibility index (Phi) is 9.02. The minimum absolute atomic E-state index is 0.0899. The number of aliphatic carboxylic acids is 1. The minimum Gasteiger partial charge on any atom is -0.481 e. The van der Waals surface area contributed by atoms with Crippen molar-refractivity contribution in [2.75, 3.05) is 5.32 Å². The van der Waals surface area contributed by atoms with Gasteiger partial charge in [0.15, 0.2) is 5.15 Å². The van der Waals surface area contributed by atoms with Crippen LogP contribution in [0.15, 0.2) is 72.9 Å². The normalized spacial score (nSPS) is 11.9. The van der Waals surface area contributed by atoms with Crippen LogP contribution in [0.4, 0.5) is 5.69 Å². The Bertz CT molecular complexity index is 1380. The molecule has 0 bridgehead atoms. The van der Waals surface area contributed by atoms with Gasteiger partial charge in [0.05, 0.1) is 12.1 Å². The van der Waals surface area contributed by atoms with E-state index in [4.69, 9.17) is 11.6 Å². The van der Waals surface area contributed by atoms with E-state index >= 15 is 0 Å². The molecule has 38 heavy (non-hydrogen) atoms. The Morgan fingerprint density at radius 3 is 2.39 bits per heavy atom. The molecular weight excluding hydrogens is 500 g/mol. The van der Waals surface area contributed by atoms with Crippen molar-refractivity contribution >= 4 is 29.2 Å². The number of hydrogen-bond acceptors (Lipinski definition) is 3. The van der Waals surface area contributed by atoms with Crippen LogP contribution in [0.2, 0.25) is 5.15 Å². The molecule has 0 fully saturated rings. The lowest BCUT2D eigenvalue weighted by atomic mass is 10.0. The van der Waals surface area contributed by atoms with Crippen molar-refractivity contribution < 1.29 is 14.7 Å². The van der Waals surface area contributed by atoms with Crippen molar-refractivity contribution in [3.05, 3.63) is 106 Å². The van der Waals surface area contributed by atoms with E-state index in [-0.39, 0.29) is 23.5 Å². The summed E-state index contributed by atoms with van der Waals surface area (Å²) in [5, 5.41) is 12.7. The van der Waals surface area contributed by atoms with Crippen LogP contribution >= 0.6 is 11.6 Å². The Morgan fingerprint density at radius 1 is 1.03 bits per heavy atom. The number of carboxylic acids is 1. The lowest BCUT2D eigenvalue weighted by Crippen LogP contribution is -2.28.